The monoisotopic (exact) mass is 414 g/mol. The third kappa shape index (κ3) is 5.91. The molecule has 0 aromatic carbocycles. The second-order valence-electron chi connectivity index (χ2n) is 9.38. The first-order valence-electron chi connectivity index (χ1n) is 11.4. The van der Waals surface area contributed by atoms with Crippen LogP contribution in [0.2, 0.25) is 0 Å². The Morgan fingerprint density at radius 2 is 1.79 bits per heavy atom. The molecule has 170 valence electrons. The lowest BCUT2D eigenvalue weighted by Crippen LogP contribution is -2.65. The van der Waals surface area contributed by atoms with E-state index in [0.717, 1.165) is 32.2 Å². The Morgan fingerprint density at radius 1 is 1.10 bits per heavy atom. The van der Waals surface area contributed by atoms with Gasteiger partial charge in [0, 0.05) is 6.54 Å². The summed E-state index contributed by atoms with van der Waals surface area (Å²) in [6, 6.07) is -0.622. The van der Waals surface area contributed by atoms with Crippen molar-refractivity contribution in [2.45, 2.75) is 109 Å². The molecule has 2 fully saturated rings. The van der Waals surface area contributed by atoms with E-state index in [0.29, 0.717) is 12.3 Å². The summed E-state index contributed by atoms with van der Waals surface area (Å²) in [6.45, 7) is 9.03. The van der Waals surface area contributed by atoms with Gasteiger partial charge in [0.15, 0.2) is 0 Å². The minimum atomic E-state index is -1.28. The number of unbranched alkanes of at least 4 members (excludes halogenated alkanes) is 1. The van der Waals surface area contributed by atoms with E-state index in [1.54, 1.807) is 0 Å². The van der Waals surface area contributed by atoms with Crippen molar-refractivity contribution in [2.24, 2.45) is 11.8 Å². The molecule has 1 amide bonds. The summed E-state index contributed by atoms with van der Waals surface area (Å²) >= 11 is 0. The van der Waals surface area contributed by atoms with E-state index in [-0.39, 0.29) is 17.9 Å². The summed E-state index contributed by atoms with van der Waals surface area (Å²) in [6.07, 6.45) is 0.772. The molecule has 4 N–H and O–H groups in total. The molecular weight excluding hydrogens is 372 g/mol. The van der Waals surface area contributed by atoms with Crippen LogP contribution >= 0.6 is 0 Å². The van der Waals surface area contributed by atoms with Crippen molar-refractivity contribution in [3.05, 3.63) is 0 Å². The van der Waals surface area contributed by atoms with Gasteiger partial charge in [-0.15, -0.1) is 0 Å². The number of carbonyl (C=O) groups excluding carboxylic acids is 1. The number of nitrogens with zero attached hydrogens (tertiary/aromatic N) is 1. The fourth-order valence-corrected chi connectivity index (χ4v) is 4.80. The number of aliphatic hydroxyl groups is 3. The molecule has 7 heteroatoms. The number of amides is 1. The molecule has 0 radical (unpaired) electrons. The highest BCUT2D eigenvalue weighted by atomic mass is 16.5. The molecule has 0 saturated carbocycles. The third-order valence-electron chi connectivity index (χ3n) is 6.61. The fourth-order valence-electron chi connectivity index (χ4n) is 4.80. The van der Waals surface area contributed by atoms with Crippen LogP contribution in [0.5, 0.6) is 0 Å². The highest BCUT2D eigenvalue weighted by Crippen LogP contribution is 2.30. The first kappa shape index (κ1) is 24.5. The lowest BCUT2D eigenvalue weighted by Gasteiger charge is -2.45. The number of ether oxygens (including phenoxy) is 1. The normalized spacial score (nSPS) is 37.1. The van der Waals surface area contributed by atoms with E-state index in [1.165, 1.54) is 6.42 Å². The topological polar surface area (TPSA) is 102 Å². The second-order valence-corrected chi connectivity index (χ2v) is 9.38. The van der Waals surface area contributed by atoms with Crippen LogP contribution in [0.15, 0.2) is 0 Å². The maximum Gasteiger partial charge on any atom is 0.237 e. The predicted molar refractivity (Wildman–Crippen MR) is 112 cm³/mol. The Morgan fingerprint density at radius 3 is 2.38 bits per heavy atom. The summed E-state index contributed by atoms with van der Waals surface area (Å²) in [5.74, 6) is 0.496. The predicted octanol–water partition coefficient (Wildman–Crippen LogP) is 1.29. The largest absolute Gasteiger partial charge is 0.388 e. The number of carbonyl (C=O) groups is 1. The summed E-state index contributed by atoms with van der Waals surface area (Å²) < 4.78 is 6.02. The third-order valence-corrected chi connectivity index (χ3v) is 6.61. The second kappa shape index (κ2) is 11.0. The maximum absolute atomic E-state index is 13.1. The smallest absolute Gasteiger partial charge is 0.237 e. The van der Waals surface area contributed by atoms with E-state index in [2.05, 4.69) is 17.1 Å². The van der Waals surface area contributed by atoms with Crippen molar-refractivity contribution in [1.29, 1.82) is 0 Å². The molecule has 2 aliphatic heterocycles. The Bertz CT molecular complexity index is 517. The fraction of sp³-hybridized carbons (Fsp3) is 0.955. The van der Waals surface area contributed by atoms with Crippen LogP contribution in [-0.2, 0) is 9.53 Å². The van der Waals surface area contributed by atoms with Crippen molar-refractivity contribution in [3.63, 3.8) is 0 Å². The summed E-state index contributed by atoms with van der Waals surface area (Å²) in [7, 11) is 1.99. The maximum atomic E-state index is 13.1. The van der Waals surface area contributed by atoms with E-state index in [9.17, 15) is 20.1 Å². The Labute approximate surface area is 175 Å². The van der Waals surface area contributed by atoms with Gasteiger partial charge >= 0.3 is 0 Å². The molecule has 0 aliphatic carbocycles. The molecule has 2 rings (SSSR count). The molecule has 29 heavy (non-hydrogen) atoms. The molecule has 2 saturated heterocycles. The molecule has 0 spiro atoms. The molecule has 0 bridgehead atoms. The van der Waals surface area contributed by atoms with Gasteiger partial charge in [-0.1, -0.05) is 47.0 Å². The average molecular weight is 415 g/mol. The molecule has 2 aliphatic rings. The number of hydrogen-bond donors (Lipinski definition) is 4. The van der Waals surface area contributed by atoms with Crippen LogP contribution in [0.3, 0.4) is 0 Å². The van der Waals surface area contributed by atoms with Crippen molar-refractivity contribution in [3.8, 4) is 0 Å². The van der Waals surface area contributed by atoms with Gasteiger partial charge < -0.3 is 25.4 Å². The minimum Gasteiger partial charge on any atom is -0.388 e. The number of rotatable bonds is 9. The molecule has 7 nitrogen and oxygen atoms in total. The van der Waals surface area contributed by atoms with Gasteiger partial charge in [0.1, 0.15) is 24.4 Å². The first-order chi connectivity index (χ1) is 13.7. The van der Waals surface area contributed by atoms with Gasteiger partial charge in [0.2, 0.25) is 5.91 Å². The summed E-state index contributed by atoms with van der Waals surface area (Å²) in [4.78, 5) is 15.2. The van der Waals surface area contributed by atoms with Crippen LogP contribution < -0.4 is 5.32 Å². The standard InChI is InChI=1S/C22H42N2O5/c1-6-8-10-14-11-15(24(5)12-14)22(28)23-17(13(3)4)21-20(27)19(26)18(25)16(29-21)9-7-2/h13-21,25-27H,6-12H2,1-5H3,(H,23,28)/t14?,15-,16+,17+,18-,19+,20+,21+/m0/s1. The lowest BCUT2D eigenvalue weighted by molar-refractivity contribution is -0.232. The zero-order valence-electron chi connectivity index (χ0n) is 18.8. The van der Waals surface area contributed by atoms with Gasteiger partial charge in [-0.05, 0) is 38.1 Å². The van der Waals surface area contributed by atoms with Gasteiger partial charge in [-0.3, -0.25) is 9.69 Å². The Hall–Kier alpha value is -0.730. The van der Waals surface area contributed by atoms with E-state index >= 15 is 0 Å². The SMILES string of the molecule is CCCCC1C[C@@H](C(=O)N[C@H](C(C)C)[C@H]2O[C@H](CCC)[C@H](O)[C@@H](O)[C@H]2O)N(C)C1. The Kier molecular flexibility index (Phi) is 9.35. The molecule has 0 aromatic heterocycles. The van der Waals surface area contributed by atoms with Crippen molar-refractivity contribution < 1.29 is 24.9 Å². The van der Waals surface area contributed by atoms with Gasteiger partial charge in [0.05, 0.1) is 18.2 Å². The first-order valence-corrected chi connectivity index (χ1v) is 11.4. The number of likely N-dealkylation sites (tertiary alicyclic amines) is 1. The van der Waals surface area contributed by atoms with Crippen LogP contribution in [0.1, 0.15) is 66.2 Å². The van der Waals surface area contributed by atoms with Crippen LogP contribution in [0, 0.1) is 11.8 Å². The minimum absolute atomic E-state index is 0.00548. The average Bonchev–Trinajstić information content (AvgIpc) is 3.05. The van der Waals surface area contributed by atoms with Gasteiger partial charge in [-0.2, -0.15) is 0 Å². The van der Waals surface area contributed by atoms with E-state index < -0.39 is 36.6 Å². The number of likely N-dealkylation sites (N-methyl/N-ethyl adjacent to an activating group) is 1. The van der Waals surface area contributed by atoms with E-state index in [4.69, 9.17) is 4.74 Å². The summed E-state index contributed by atoms with van der Waals surface area (Å²) in [5.41, 5.74) is 0. The molecule has 2 heterocycles. The van der Waals surface area contributed by atoms with Gasteiger partial charge in [-0.25, -0.2) is 0 Å². The van der Waals surface area contributed by atoms with Crippen LogP contribution in [0.25, 0.3) is 0 Å². The highest BCUT2D eigenvalue weighted by Gasteiger charge is 2.47. The molecular formula is C22H42N2O5. The molecule has 0 aromatic rings. The Balaban J connectivity index is 2.08. The van der Waals surface area contributed by atoms with E-state index in [1.807, 2.05) is 27.8 Å². The van der Waals surface area contributed by atoms with Crippen molar-refractivity contribution in [1.82, 2.24) is 10.2 Å². The number of nitrogens with one attached hydrogen (secondary N) is 1. The highest BCUT2D eigenvalue weighted by molar-refractivity contribution is 5.82. The zero-order valence-corrected chi connectivity index (χ0v) is 18.8. The lowest BCUT2D eigenvalue weighted by atomic mass is 9.85. The van der Waals surface area contributed by atoms with Gasteiger partial charge in [0.25, 0.3) is 0 Å². The zero-order chi connectivity index (χ0) is 21.7. The van der Waals surface area contributed by atoms with Crippen molar-refractivity contribution >= 4 is 5.91 Å². The quantitative estimate of drug-likeness (QED) is 0.453. The van der Waals surface area contributed by atoms with Crippen LogP contribution in [0.4, 0.5) is 0 Å². The summed E-state index contributed by atoms with van der Waals surface area (Å²) in [5, 5.41) is 34.3. The molecule has 8 atom stereocenters. The number of hydrogen-bond acceptors (Lipinski definition) is 6. The van der Waals surface area contributed by atoms with Crippen molar-refractivity contribution in [2.75, 3.05) is 13.6 Å². The molecule has 1 unspecified atom stereocenters. The number of aliphatic hydroxyl groups excluding tert-OH is 3. The van der Waals surface area contributed by atoms with Crippen LogP contribution in [-0.4, -0.2) is 82.3 Å².